The summed E-state index contributed by atoms with van der Waals surface area (Å²) in [5, 5.41) is 0. The van der Waals surface area contributed by atoms with Gasteiger partial charge < -0.3 is 28.7 Å². The van der Waals surface area contributed by atoms with Gasteiger partial charge in [-0.3, -0.25) is 0 Å². The van der Waals surface area contributed by atoms with E-state index >= 15 is 0 Å². The minimum absolute atomic E-state index is 0.148. The van der Waals surface area contributed by atoms with Gasteiger partial charge >= 0.3 is 0 Å². The summed E-state index contributed by atoms with van der Waals surface area (Å²) in [6.45, 7) is 10.4. The fourth-order valence-electron chi connectivity index (χ4n) is 3.22. The Kier molecular flexibility index (Phi) is 5.23. The number of benzene rings is 1. The Balaban J connectivity index is 3.80. The summed E-state index contributed by atoms with van der Waals surface area (Å²) in [6.07, 6.45) is 3.25. The number of nitrogens with two attached hydrogens (primary N) is 5. The molecule has 0 amide bonds. The van der Waals surface area contributed by atoms with Gasteiger partial charge in [0.1, 0.15) is 0 Å². The molecule has 0 heterocycles. The molecule has 0 saturated heterocycles. The summed E-state index contributed by atoms with van der Waals surface area (Å²) in [6, 6.07) is 0. The number of nitrogen functional groups attached to an aromatic ring is 4. The molecule has 0 atom stereocenters. The zero-order chi connectivity index (χ0) is 17.3. The van der Waals surface area contributed by atoms with Gasteiger partial charge in [0.15, 0.2) is 0 Å². The zero-order valence-corrected chi connectivity index (χ0v) is 14.7. The molecule has 0 radical (unpaired) electrons. The molecule has 5 nitrogen and oxygen atoms in total. The molecule has 22 heavy (non-hydrogen) atoms. The monoisotopic (exact) mass is 307 g/mol. The van der Waals surface area contributed by atoms with Crippen LogP contribution in [0.2, 0.25) is 0 Å². The van der Waals surface area contributed by atoms with E-state index in [1.165, 1.54) is 0 Å². The third-order valence-corrected chi connectivity index (χ3v) is 5.58. The van der Waals surface area contributed by atoms with Gasteiger partial charge in [-0.15, -0.1) is 0 Å². The van der Waals surface area contributed by atoms with E-state index < -0.39 is 5.54 Å². The SMILES string of the molecule is CCC(C)(CC)c1c(N)c(N)c(C(N)(CC)CC)c(N)c1N. The summed E-state index contributed by atoms with van der Waals surface area (Å²) in [7, 11) is 0. The Bertz CT molecular complexity index is 464. The first-order valence-electron chi connectivity index (χ1n) is 8.19. The highest BCUT2D eigenvalue weighted by atomic mass is 14.8. The zero-order valence-electron chi connectivity index (χ0n) is 14.7. The summed E-state index contributed by atoms with van der Waals surface area (Å²) in [4.78, 5) is 0. The molecule has 1 rings (SSSR count). The number of hydrogen-bond donors (Lipinski definition) is 5. The van der Waals surface area contributed by atoms with Crippen molar-refractivity contribution in [2.75, 3.05) is 22.9 Å². The molecule has 0 aliphatic carbocycles. The fourth-order valence-corrected chi connectivity index (χ4v) is 3.22. The highest BCUT2D eigenvalue weighted by molar-refractivity contribution is 5.90. The lowest BCUT2D eigenvalue weighted by Crippen LogP contribution is -2.38. The standard InChI is InChI=1S/C17H33N5/c1-6-16(5,7-2)10-12(18)14(20)11(15(21)13(10)19)17(22,8-3)9-4/h6-9,18-22H2,1-5H3. The molecule has 0 spiro atoms. The van der Waals surface area contributed by atoms with Crippen molar-refractivity contribution in [1.82, 2.24) is 0 Å². The van der Waals surface area contributed by atoms with Crippen molar-refractivity contribution in [1.29, 1.82) is 0 Å². The molecule has 126 valence electrons. The summed E-state index contributed by atoms with van der Waals surface area (Å²) < 4.78 is 0. The van der Waals surface area contributed by atoms with Crippen LogP contribution in [0, 0.1) is 0 Å². The number of hydrogen-bond acceptors (Lipinski definition) is 5. The Morgan fingerprint density at radius 1 is 0.636 bits per heavy atom. The molecule has 0 bridgehead atoms. The van der Waals surface area contributed by atoms with E-state index in [1.54, 1.807) is 0 Å². The Morgan fingerprint density at radius 2 is 0.955 bits per heavy atom. The van der Waals surface area contributed by atoms with E-state index in [-0.39, 0.29) is 5.41 Å². The van der Waals surface area contributed by atoms with Crippen molar-refractivity contribution in [3.05, 3.63) is 11.1 Å². The first kappa shape index (κ1) is 18.4. The van der Waals surface area contributed by atoms with Gasteiger partial charge in [-0.1, -0.05) is 34.6 Å². The third-order valence-electron chi connectivity index (χ3n) is 5.58. The summed E-state index contributed by atoms with van der Waals surface area (Å²) in [5.41, 5.74) is 34.8. The maximum Gasteiger partial charge on any atom is 0.0624 e. The van der Waals surface area contributed by atoms with Gasteiger partial charge in [0.25, 0.3) is 0 Å². The van der Waals surface area contributed by atoms with Crippen molar-refractivity contribution < 1.29 is 0 Å². The normalized spacial score (nSPS) is 12.6. The number of anilines is 4. The van der Waals surface area contributed by atoms with Crippen molar-refractivity contribution in [3.8, 4) is 0 Å². The molecule has 0 unspecified atom stereocenters. The van der Waals surface area contributed by atoms with E-state index in [2.05, 4.69) is 20.8 Å². The Labute approximate surface area is 134 Å². The molecule has 1 aromatic carbocycles. The third kappa shape index (κ3) is 2.58. The van der Waals surface area contributed by atoms with Crippen LogP contribution in [0.25, 0.3) is 0 Å². The molecular formula is C17H33N5. The first-order chi connectivity index (χ1) is 10.1. The predicted octanol–water partition coefficient (Wildman–Crippen LogP) is 3.07. The fraction of sp³-hybridized carbons (Fsp3) is 0.647. The van der Waals surface area contributed by atoms with Gasteiger partial charge in [0.05, 0.1) is 22.7 Å². The largest absolute Gasteiger partial charge is 0.397 e. The van der Waals surface area contributed by atoms with Crippen molar-refractivity contribution in [2.24, 2.45) is 5.73 Å². The second kappa shape index (κ2) is 6.24. The smallest absolute Gasteiger partial charge is 0.0624 e. The van der Waals surface area contributed by atoms with Crippen LogP contribution in [-0.4, -0.2) is 0 Å². The Hall–Kier alpha value is -1.62. The van der Waals surface area contributed by atoms with E-state index in [1.807, 2.05) is 13.8 Å². The maximum absolute atomic E-state index is 6.51. The maximum atomic E-state index is 6.51. The first-order valence-corrected chi connectivity index (χ1v) is 8.19. The van der Waals surface area contributed by atoms with Gasteiger partial charge in [-0.25, -0.2) is 0 Å². The minimum atomic E-state index is -0.607. The van der Waals surface area contributed by atoms with Gasteiger partial charge in [-0.2, -0.15) is 0 Å². The molecule has 5 heteroatoms. The highest BCUT2D eigenvalue weighted by Gasteiger charge is 2.35. The molecule has 10 N–H and O–H groups in total. The van der Waals surface area contributed by atoms with Crippen molar-refractivity contribution >= 4 is 22.7 Å². The van der Waals surface area contributed by atoms with E-state index in [4.69, 9.17) is 28.7 Å². The van der Waals surface area contributed by atoms with Crippen LogP contribution in [0.3, 0.4) is 0 Å². The van der Waals surface area contributed by atoms with E-state index in [0.29, 0.717) is 28.3 Å². The average Bonchev–Trinajstić information content (AvgIpc) is 2.52. The molecule has 1 aromatic rings. The van der Waals surface area contributed by atoms with E-state index in [0.717, 1.165) is 31.2 Å². The molecule has 0 aliphatic rings. The van der Waals surface area contributed by atoms with Crippen LogP contribution in [0.15, 0.2) is 0 Å². The lowest BCUT2D eigenvalue weighted by molar-refractivity contribution is 0.414. The highest BCUT2D eigenvalue weighted by Crippen LogP contribution is 2.49. The lowest BCUT2D eigenvalue weighted by Gasteiger charge is -2.36. The van der Waals surface area contributed by atoms with Gasteiger partial charge in [0, 0.05) is 16.7 Å². The second-order valence-corrected chi connectivity index (χ2v) is 6.54. The second-order valence-electron chi connectivity index (χ2n) is 6.54. The topological polar surface area (TPSA) is 130 Å². The van der Waals surface area contributed by atoms with Crippen molar-refractivity contribution in [2.45, 2.75) is 71.3 Å². The number of rotatable bonds is 6. The van der Waals surface area contributed by atoms with Crippen LogP contribution >= 0.6 is 0 Å². The average molecular weight is 307 g/mol. The van der Waals surface area contributed by atoms with Gasteiger partial charge in [0.2, 0.25) is 0 Å². The van der Waals surface area contributed by atoms with E-state index in [9.17, 15) is 0 Å². The molecule has 0 aliphatic heterocycles. The Morgan fingerprint density at radius 3 is 1.23 bits per heavy atom. The van der Waals surface area contributed by atoms with Crippen LogP contribution < -0.4 is 28.7 Å². The molecule has 0 aromatic heterocycles. The predicted molar refractivity (Wildman–Crippen MR) is 98.5 cm³/mol. The molecule has 0 fully saturated rings. The lowest BCUT2D eigenvalue weighted by atomic mass is 9.73. The summed E-state index contributed by atoms with van der Waals surface area (Å²) in [5.74, 6) is 0. The molecule has 0 saturated carbocycles. The van der Waals surface area contributed by atoms with Crippen LogP contribution in [0.5, 0.6) is 0 Å². The van der Waals surface area contributed by atoms with Crippen LogP contribution in [0.4, 0.5) is 22.7 Å². The van der Waals surface area contributed by atoms with Gasteiger partial charge in [-0.05, 0) is 31.1 Å². The van der Waals surface area contributed by atoms with Crippen molar-refractivity contribution in [3.63, 3.8) is 0 Å². The quantitative estimate of drug-likeness (QED) is 0.515. The summed E-state index contributed by atoms with van der Waals surface area (Å²) >= 11 is 0. The van der Waals surface area contributed by atoms with Crippen LogP contribution in [-0.2, 0) is 11.0 Å². The minimum Gasteiger partial charge on any atom is -0.397 e. The van der Waals surface area contributed by atoms with Crippen LogP contribution in [0.1, 0.15) is 71.4 Å². The molecular weight excluding hydrogens is 274 g/mol.